The lowest BCUT2D eigenvalue weighted by atomic mass is 10.2. The van der Waals surface area contributed by atoms with Crippen LogP contribution in [0.5, 0.6) is 0 Å². The van der Waals surface area contributed by atoms with Gasteiger partial charge in [-0.05, 0) is 5.75 Å². The first-order chi connectivity index (χ1) is 6.81. The molecule has 1 aliphatic heterocycles. The van der Waals surface area contributed by atoms with E-state index in [1.165, 1.54) is 0 Å². The molecule has 0 fully saturated rings. The minimum Gasteiger partial charge on any atom is -0.346 e. The Hall–Kier alpha value is -1.36. The monoisotopic (exact) mass is 206 g/mol. The van der Waals surface area contributed by atoms with Gasteiger partial charge in [-0.1, -0.05) is 25.3 Å². The molecule has 1 N–H and O–H groups in total. The zero-order valence-corrected chi connectivity index (χ0v) is 8.64. The van der Waals surface area contributed by atoms with Gasteiger partial charge in [-0.15, -0.1) is 0 Å². The summed E-state index contributed by atoms with van der Waals surface area (Å²) in [4.78, 5) is 12.6. The summed E-state index contributed by atoms with van der Waals surface area (Å²) in [6, 6.07) is 0. The van der Waals surface area contributed by atoms with Gasteiger partial charge >= 0.3 is 0 Å². The second-order valence-electron chi connectivity index (χ2n) is 2.70. The third-order valence-corrected chi connectivity index (χ3v) is 2.51. The van der Waals surface area contributed by atoms with Crippen molar-refractivity contribution in [2.45, 2.75) is 12.1 Å². The zero-order valence-electron chi connectivity index (χ0n) is 7.82. The van der Waals surface area contributed by atoms with Crippen molar-refractivity contribution in [3.8, 4) is 0 Å². The van der Waals surface area contributed by atoms with Crippen LogP contribution in [0.2, 0.25) is 0 Å². The number of hydrogen-bond acceptors (Lipinski definition) is 5. The van der Waals surface area contributed by atoms with E-state index in [9.17, 15) is 0 Å². The van der Waals surface area contributed by atoms with Crippen molar-refractivity contribution in [2.75, 3.05) is 5.75 Å². The molecular weight excluding hydrogens is 196 g/mol. The molecule has 0 atom stereocenters. The predicted octanol–water partition coefficient (Wildman–Crippen LogP) is 1.82. The largest absolute Gasteiger partial charge is 0.346 e. The van der Waals surface area contributed by atoms with Crippen molar-refractivity contribution >= 4 is 29.6 Å². The molecule has 0 saturated heterocycles. The summed E-state index contributed by atoms with van der Waals surface area (Å²) < 4.78 is 0. The van der Waals surface area contributed by atoms with Gasteiger partial charge in [0.25, 0.3) is 0 Å². The van der Waals surface area contributed by atoms with Crippen LogP contribution in [0.15, 0.2) is 22.9 Å². The molecule has 14 heavy (non-hydrogen) atoms. The number of thioether (sulfide) groups is 1. The fourth-order valence-electron chi connectivity index (χ4n) is 1.12. The molecular formula is C9H10N4S. The normalized spacial score (nSPS) is 13.6. The van der Waals surface area contributed by atoms with E-state index < -0.39 is 0 Å². The molecule has 0 aromatic carbocycles. The molecule has 0 aliphatic carbocycles. The van der Waals surface area contributed by atoms with Crippen molar-refractivity contribution in [2.24, 2.45) is 4.99 Å². The average Bonchev–Trinajstić information content (AvgIpc) is 2.18. The SMILES string of the molecule is C=C1NC=Nc2nc(SCC)ncc21. The molecule has 72 valence electrons. The summed E-state index contributed by atoms with van der Waals surface area (Å²) in [5.41, 5.74) is 1.66. The van der Waals surface area contributed by atoms with Crippen molar-refractivity contribution in [3.05, 3.63) is 18.3 Å². The molecule has 0 spiro atoms. The van der Waals surface area contributed by atoms with Gasteiger partial charge in [0.1, 0.15) is 0 Å². The van der Waals surface area contributed by atoms with Crippen molar-refractivity contribution in [3.63, 3.8) is 0 Å². The van der Waals surface area contributed by atoms with Gasteiger partial charge in [0, 0.05) is 11.9 Å². The molecule has 0 saturated carbocycles. The minimum absolute atomic E-state index is 0.694. The molecule has 2 heterocycles. The Morgan fingerprint density at radius 1 is 1.57 bits per heavy atom. The minimum atomic E-state index is 0.694. The van der Waals surface area contributed by atoms with Crippen molar-refractivity contribution in [1.29, 1.82) is 0 Å². The lowest BCUT2D eigenvalue weighted by molar-refractivity contribution is 0.949. The Balaban J connectivity index is 2.40. The van der Waals surface area contributed by atoms with E-state index in [0.29, 0.717) is 5.82 Å². The first-order valence-corrected chi connectivity index (χ1v) is 5.28. The van der Waals surface area contributed by atoms with E-state index in [1.54, 1.807) is 24.3 Å². The lowest BCUT2D eigenvalue weighted by Gasteiger charge is -2.12. The molecule has 0 unspecified atom stereocenters. The fraction of sp³-hybridized carbons (Fsp3) is 0.222. The van der Waals surface area contributed by atoms with Crippen LogP contribution in [0, 0.1) is 0 Å². The molecule has 0 bridgehead atoms. The van der Waals surface area contributed by atoms with E-state index >= 15 is 0 Å². The summed E-state index contributed by atoms with van der Waals surface area (Å²) in [6.07, 6.45) is 3.35. The number of nitrogens with zero attached hydrogens (tertiary/aromatic N) is 3. The van der Waals surface area contributed by atoms with Crippen LogP contribution < -0.4 is 5.32 Å². The molecule has 5 heteroatoms. The highest BCUT2D eigenvalue weighted by Gasteiger charge is 2.11. The standard InChI is InChI=1S/C9H10N4S/c1-3-14-9-10-4-7-6(2)11-5-12-8(7)13-9/h4-5H,2-3H2,1H3,(H,10,11,12,13). The Kier molecular flexibility index (Phi) is 2.49. The maximum atomic E-state index is 4.31. The molecule has 0 radical (unpaired) electrons. The van der Waals surface area contributed by atoms with E-state index in [4.69, 9.17) is 0 Å². The quantitative estimate of drug-likeness (QED) is 0.592. The summed E-state index contributed by atoms with van der Waals surface area (Å²) in [5, 5.41) is 3.68. The highest BCUT2D eigenvalue weighted by Crippen LogP contribution is 2.25. The van der Waals surface area contributed by atoms with Gasteiger partial charge in [0.2, 0.25) is 0 Å². The summed E-state index contributed by atoms with van der Waals surface area (Å²) in [7, 11) is 0. The maximum Gasteiger partial charge on any atom is 0.189 e. The number of hydrogen-bond donors (Lipinski definition) is 1. The van der Waals surface area contributed by atoms with Crippen LogP contribution in [0.25, 0.3) is 5.70 Å². The Labute approximate surface area is 86.6 Å². The van der Waals surface area contributed by atoms with Crippen LogP contribution in [-0.2, 0) is 0 Å². The Bertz CT molecular complexity index is 400. The highest BCUT2D eigenvalue weighted by atomic mass is 32.2. The second kappa shape index (κ2) is 3.79. The summed E-state index contributed by atoms with van der Waals surface area (Å²) >= 11 is 1.60. The average molecular weight is 206 g/mol. The summed E-state index contributed by atoms with van der Waals surface area (Å²) in [5.74, 6) is 1.65. The third kappa shape index (κ3) is 1.63. The van der Waals surface area contributed by atoms with Gasteiger partial charge < -0.3 is 5.32 Å². The zero-order chi connectivity index (χ0) is 9.97. The number of rotatable bonds is 2. The smallest absolute Gasteiger partial charge is 0.189 e. The molecule has 1 aromatic heterocycles. The highest BCUT2D eigenvalue weighted by molar-refractivity contribution is 7.99. The molecule has 1 aliphatic rings. The third-order valence-electron chi connectivity index (χ3n) is 1.77. The van der Waals surface area contributed by atoms with E-state index in [1.807, 2.05) is 0 Å². The number of nitrogens with one attached hydrogen (secondary N) is 1. The Morgan fingerprint density at radius 3 is 3.21 bits per heavy atom. The van der Waals surface area contributed by atoms with Crippen LogP contribution >= 0.6 is 11.8 Å². The first kappa shape index (κ1) is 9.21. The number of aliphatic imine (C=N–C) groups is 1. The summed E-state index contributed by atoms with van der Waals surface area (Å²) in [6.45, 7) is 5.91. The van der Waals surface area contributed by atoms with Crippen LogP contribution in [0.3, 0.4) is 0 Å². The number of aromatic nitrogens is 2. The first-order valence-electron chi connectivity index (χ1n) is 4.29. The van der Waals surface area contributed by atoms with Crippen LogP contribution in [0.1, 0.15) is 12.5 Å². The van der Waals surface area contributed by atoms with E-state index in [2.05, 4.69) is 33.8 Å². The number of fused-ring (bicyclic) bond motifs is 1. The Morgan fingerprint density at radius 2 is 2.43 bits per heavy atom. The van der Waals surface area contributed by atoms with E-state index in [0.717, 1.165) is 22.2 Å². The topological polar surface area (TPSA) is 50.2 Å². The lowest BCUT2D eigenvalue weighted by Crippen LogP contribution is -2.13. The van der Waals surface area contributed by atoms with Crippen molar-refractivity contribution in [1.82, 2.24) is 15.3 Å². The van der Waals surface area contributed by atoms with Crippen LogP contribution in [0.4, 0.5) is 5.82 Å². The van der Waals surface area contributed by atoms with Crippen molar-refractivity contribution < 1.29 is 0 Å². The van der Waals surface area contributed by atoms with Gasteiger partial charge in [0.05, 0.1) is 11.9 Å². The van der Waals surface area contributed by atoms with E-state index in [-0.39, 0.29) is 0 Å². The van der Waals surface area contributed by atoms with Gasteiger partial charge in [-0.25, -0.2) is 15.0 Å². The second-order valence-corrected chi connectivity index (χ2v) is 3.94. The maximum absolute atomic E-state index is 4.31. The molecule has 0 amide bonds. The van der Waals surface area contributed by atoms with Gasteiger partial charge in [-0.2, -0.15) is 0 Å². The fourth-order valence-corrected chi connectivity index (χ4v) is 1.65. The van der Waals surface area contributed by atoms with Gasteiger partial charge in [-0.3, -0.25) is 0 Å². The van der Waals surface area contributed by atoms with Gasteiger partial charge in [0.15, 0.2) is 11.0 Å². The molecule has 1 aromatic rings. The molecule has 2 rings (SSSR count). The predicted molar refractivity (Wildman–Crippen MR) is 58.8 cm³/mol. The molecule has 4 nitrogen and oxygen atoms in total. The van der Waals surface area contributed by atoms with Crippen LogP contribution in [-0.4, -0.2) is 22.1 Å².